The number of rotatable bonds is 12. The van der Waals surface area contributed by atoms with Crippen LogP contribution in [-0.4, -0.2) is 99.0 Å². The third kappa shape index (κ3) is 8.96. The molecule has 76 heavy (non-hydrogen) atoms. The summed E-state index contributed by atoms with van der Waals surface area (Å²) in [5.41, 5.74) is 4.73. The standard InChI is InChI=1S/C31H30N2O5S.C28H24N2O6S/c1-20(2)19-23(24-17-11-12-18-32-24)25-28(34)33-27(31(3,4)39(36,37)29(25)33)30(35)38-26(21-13-7-5-8-14-21)22-15-9-6-10-16-22;1-28(2)24(27(33)36-23(18-11-5-3-6-12-18)19-13-7-4-8-14-19)30-25(32)22(26(30)37(28,34)35)20(17-31)21-15-9-10-16-29-21/h5-19,26-27,29H,1-4H3;3-17,23-24,26H,1-2H3/b25-23-;22-20-/t27-,29+;24-,26+/m00/s1. The number of hydrogen-bond acceptors (Lipinski definition) is 13. The summed E-state index contributed by atoms with van der Waals surface area (Å²) in [6.07, 6.45) is 3.66. The number of sulfone groups is 2. The first kappa shape index (κ1) is 52.7. The van der Waals surface area contributed by atoms with Gasteiger partial charge in [-0.15, -0.1) is 0 Å². The van der Waals surface area contributed by atoms with Crippen LogP contribution in [0.3, 0.4) is 0 Å². The Morgan fingerprint density at radius 3 is 1.13 bits per heavy atom. The molecule has 4 aliphatic heterocycles. The number of fused-ring (bicyclic) bond motifs is 2. The van der Waals surface area contributed by atoms with E-state index in [1.54, 1.807) is 42.6 Å². The highest BCUT2D eigenvalue weighted by Crippen LogP contribution is 2.52. The molecule has 0 spiro atoms. The van der Waals surface area contributed by atoms with E-state index in [0.717, 1.165) is 21.6 Å². The normalized spacial score (nSPS) is 22.4. The third-order valence-corrected chi connectivity index (χ3v) is 19.7. The number of aromatic nitrogens is 2. The van der Waals surface area contributed by atoms with E-state index in [9.17, 15) is 40.8 Å². The van der Waals surface area contributed by atoms with Gasteiger partial charge in [-0.05, 0) is 88.1 Å². The fourth-order valence-electron chi connectivity index (χ4n) is 10.2. The Labute approximate surface area is 441 Å². The molecule has 4 aliphatic rings. The number of aldehydes is 1. The summed E-state index contributed by atoms with van der Waals surface area (Å²) >= 11 is 0. The summed E-state index contributed by atoms with van der Waals surface area (Å²) in [6.45, 7) is 9.51. The first-order valence-electron chi connectivity index (χ1n) is 24.4. The van der Waals surface area contributed by atoms with E-state index < -0.39 is 88.0 Å². The van der Waals surface area contributed by atoms with Gasteiger partial charge in [-0.1, -0.05) is 145 Å². The van der Waals surface area contributed by atoms with Gasteiger partial charge in [-0.2, -0.15) is 0 Å². The van der Waals surface area contributed by atoms with E-state index in [0.29, 0.717) is 28.7 Å². The van der Waals surface area contributed by atoms with Crippen molar-refractivity contribution in [1.82, 2.24) is 19.8 Å². The molecular weight excluding hydrogens is 1000 g/mol. The van der Waals surface area contributed by atoms with Gasteiger partial charge in [-0.3, -0.25) is 24.4 Å². The first-order chi connectivity index (χ1) is 36.2. The Bertz CT molecular complexity index is 3470. The molecule has 4 saturated heterocycles. The zero-order valence-electron chi connectivity index (χ0n) is 42.4. The van der Waals surface area contributed by atoms with Crippen LogP contribution in [0.2, 0.25) is 0 Å². The summed E-state index contributed by atoms with van der Waals surface area (Å²) in [5.74, 6) is -2.82. The number of β-lactam (4-membered cyclic amide) rings is 2. The van der Waals surface area contributed by atoms with Crippen molar-refractivity contribution in [3.63, 3.8) is 0 Å². The highest BCUT2D eigenvalue weighted by molar-refractivity contribution is 7.94. The quantitative estimate of drug-likeness (QED) is 0.0494. The summed E-state index contributed by atoms with van der Waals surface area (Å²) in [6, 6.07) is 44.0. The number of esters is 2. The highest BCUT2D eigenvalue weighted by atomic mass is 32.2. The second-order valence-corrected chi connectivity index (χ2v) is 25.1. The van der Waals surface area contributed by atoms with Gasteiger partial charge in [0, 0.05) is 18.0 Å². The largest absolute Gasteiger partial charge is 0.451 e. The predicted octanol–water partition coefficient (Wildman–Crippen LogP) is 7.99. The fraction of sp³-hybridized carbons (Fsp3) is 0.237. The maximum Gasteiger partial charge on any atom is 0.331 e. The van der Waals surface area contributed by atoms with Crippen LogP contribution in [0.1, 0.15) is 87.4 Å². The Kier molecular flexibility index (Phi) is 14.2. The monoisotopic (exact) mass is 1060 g/mol. The zero-order valence-corrected chi connectivity index (χ0v) is 44.0. The van der Waals surface area contributed by atoms with Crippen molar-refractivity contribution < 1.29 is 50.3 Å². The second kappa shape index (κ2) is 20.5. The molecule has 4 atom stereocenters. The number of amides is 2. The molecule has 6 aromatic rings. The average molecular weight is 1060 g/mol. The van der Waals surface area contributed by atoms with Gasteiger partial charge in [0.25, 0.3) is 11.8 Å². The van der Waals surface area contributed by atoms with Gasteiger partial charge in [0.2, 0.25) is 0 Å². The number of ether oxygens (including phenoxy) is 2. The van der Waals surface area contributed by atoms with Crippen LogP contribution < -0.4 is 0 Å². The molecule has 388 valence electrons. The predicted molar refractivity (Wildman–Crippen MR) is 284 cm³/mol. The fourth-order valence-corrected chi connectivity index (χ4v) is 14.5. The number of pyridine rings is 2. The molecule has 2 aromatic heterocycles. The van der Waals surface area contributed by atoms with E-state index >= 15 is 0 Å². The molecule has 4 fully saturated rings. The van der Waals surface area contributed by atoms with Crippen molar-refractivity contribution in [2.24, 2.45) is 0 Å². The van der Waals surface area contributed by atoms with Gasteiger partial charge in [0.05, 0.1) is 28.1 Å². The van der Waals surface area contributed by atoms with Crippen LogP contribution in [0.25, 0.3) is 11.1 Å². The number of hydrogen-bond donors (Lipinski definition) is 0. The summed E-state index contributed by atoms with van der Waals surface area (Å²) in [7, 11) is -8.12. The Morgan fingerprint density at radius 1 is 0.513 bits per heavy atom. The summed E-state index contributed by atoms with van der Waals surface area (Å²) in [4.78, 5) is 77.2. The van der Waals surface area contributed by atoms with Crippen molar-refractivity contribution >= 4 is 60.9 Å². The van der Waals surface area contributed by atoms with Crippen LogP contribution in [0, 0.1) is 0 Å². The Balaban J connectivity index is 0.000000186. The van der Waals surface area contributed by atoms with E-state index in [-0.39, 0.29) is 22.4 Å². The third-order valence-electron chi connectivity index (χ3n) is 14.2. The molecule has 0 N–H and O–H groups in total. The smallest absolute Gasteiger partial charge is 0.331 e. The van der Waals surface area contributed by atoms with E-state index in [2.05, 4.69) is 9.97 Å². The molecule has 0 radical (unpaired) electrons. The van der Waals surface area contributed by atoms with Gasteiger partial charge >= 0.3 is 11.9 Å². The minimum atomic E-state index is -4.11. The lowest BCUT2D eigenvalue weighted by atomic mass is 9.90. The molecule has 0 unspecified atom stereocenters. The van der Waals surface area contributed by atoms with Crippen molar-refractivity contribution in [2.45, 2.75) is 86.1 Å². The van der Waals surface area contributed by atoms with Gasteiger partial charge in [0.1, 0.15) is 9.49 Å². The molecule has 6 heterocycles. The minimum absolute atomic E-state index is 0.105. The molecule has 2 amide bonds. The molecular formula is C59H54N4O11S2. The van der Waals surface area contributed by atoms with Gasteiger partial charge < -0.3 is 19.3 Å². The summed E-state index contributed by atoms with van der Waals surface area (Å²) in [5, 5.41) is -2.71. The second-order valence-electron chi connectivity index (χ2n) is 19.9. The van der Waals surface area contributed by atoms with Crippen LogP contribution in [0.4, 0.5) is 0 Å². The molecule has 0 aliphatic carbocycles. The lowest BCUT2D eigenvalue weighted by molar-refractivity contribution is -0.160. The lowest BCUT2D eigenvalue weighted by Gasteiger charge is -2.40. The number of allylic oxidation sites excluding steroid dienone is 4. The lowest BCUT2D eigenvalue weighted by Crippen LogP contribution is -2.59. The Morgan fingerprint density at radius 2 is 0.829 bits per heavy atom. The number of nitrogens with zero attached hydrogens (tertiary/aromatic N) is 4. The van der Waals surface area contributed by atoms with Crippen molar-refractivity contribution in [1.29, 1.82) is 0 Å². The molecule has 0 bridgehead atoms. The van der Waals surface area contributed by atoms with E-state index in [1.807, 2.05) is 135 Å². The number of benzene rings is 4. The van der Waals surface area contributed by atoms with Crippen molar-refractivity contribution in [3.05, 3.63) is 227 Å². The average Bonchev–Trinajstić information content (AvgIpc) is 3.93. The number of carbonyl (C=O) groups excluding carboxylic acids is 5. The highest BCUT2D eigenvalue weighted by Gasteiger charge is 2.72. The van der Waals surface area contributed by atoms with Gasteiger partial charge in [0.15, 0.2) is 61.0 Å². The van der Waals surface area contributed by atoms with Crippen molar-refractivity contribution in [2.75, 3.05) is 0 Å². The van der Waals surface area contributed by atoms with E-state index in [4.69, 9.17) is 9.47 Å². The van der Waals surface area contributed by atoms with Crippen LogP contribution in [0.15, 0.2) is 193 Å². The molecule has 10 rings (SSSR count). The first-order valence-corrected chi connectivity index (χ1v) is 27.5. The van der Waals surface area contributed by atoms with Gasteiger partial charge in [-0.25, -0.2) is 26.4 Å². The minimum Gasteiger partial charge on any atom is -0.451 e. The maximum absolute atomic E-state index is 13.9. The molecule has 15 nitrogen and oxygen atoms in total. The molecule has 17 heteroatoms. The van der Waals surface area contributed by atoms with E-state index in [1.165, 1.54) is 44.9 Å². The zero-order chi connectivity index (χ0) is 54.3. The van der Waals surface area contributed by atoms with Crippen LogP contribution in [0.5, 0.6) is 0 Å². The number of carbonyl (C=O) groups is 5. The maximum atomic E-state index is 13.9. The SMILES string of the molecule is CC(C)=C/C(=C1\C(=O)N2[C@@H](C(=O)OC(c3ccccc3)c3ccccc3)C(C)(C)S(=O)(=O)[C@H]12)c1ccccn1.CC1(C)[C@H](C(=O)OC(c2ccccc2)c2ccccc2)N2C(=O)/C(=C(\C=O)c3ccccn3)[C@H]2S1(=O)=O. The van der Waals surface area contributed by atoms with Crippen molar-refractivity contribution in [3.8, 4) is 0 Å². The summed E-state index contributed by atoms with van der Waals surface area (Å²) < 4.78 is 63.9. The molecule has 0 saturated carbocycles. The van der Waals surface area contributed by atoms with Crippen LogP contribution >= 0.6 is 0 Å². The topological polar surface area (TPSA) is 204 Å². The van der Waals surface area contributed by atoms with Crippen LogP contribution in [-0.2, 0) is 53.1 Å². The molecule has 4 aromatic carbocycles. The Hall–Kier alpha value is -8.15.